The fourth-order valence-electron chi connectivity index (χ4n) is 2.32. The van der Waals surface area contributed by atoms with Gasteiger partial charge in [-0.1, -0.05) is 0 Å². The Morgan fingerprint density at radius 3 is 2.22 bits per heavy atom. The molecule has 0 aliphatic rings. The molecule has 0 radical (unpaired) electrons. The van der Waals surface area contributed by atoms with Crippen molar-refractivity contribution in [2.45, 2.75) is 0 Å². The van der Waals surface area contributed by atoms with Crippen LogP contribution in [-0.2, 0) is 0 Å². The van der Waals surface area contributed by atoms with E-state index in [1.54, 1.807) is 33.7 Å². The second kappa shape index (κ2) is 6.62. The van der Waals surface area contributed by atoms with Crippen molar-refractivity contribution >= 4 is 11.5 Å². The van der Waals surface area contributed by atoms with Crippen LogP contribution in [0.2, 0.25) is 0 Å². The van der Waals surface area contributed by atoms with Gasteiger partial charge in [-0.15, -0.1) is 0 Å². The van der Waals surface area contributed by atoms with E-state index < -0.39 is 0 Å². The maximum Gasteiger partial charge on any atom is 0.203 e. The lowest BCUT2D eigenvalue weighted by atomic mass is 10.0. The zero-order valence-electron chi connectivity index (χ0n) is 12.9. The van der Waals surface area contributed by atoms with Crippen LogP contribution in [0.15, 0.2) is 36.0 Å². The first-order valence-electron chi connectivity index (χ1n) is 6.80. The summed E-state index contributed by atoms with van der Waals surface area (Å²) in [6, 6.07) is 5.67. The Bertz CT molecular complexity index is 780. The zero-order valence-corrected chi connectivity index (χ0v) is 13.8. The number of aromatic nitrogens is 3. The van der Waals surface area contributed by atoms with Crippen LogP contribution in [0.1, 0.15) is 0 Å². The van der Waals surface area contributed by atoms with Crippen molar-refractivity contribution < 1.29 is 14.2 Å². The van der Waals surface area contributed by atoms with Crippen LogP contribution < -0.4 is 14.2 Å². The van der Waals surface area contributed by atoms with Crippen molar-refractivity contribution in [1.82, 2.24) is 14.6 Å². The van der Waals surface area contributed by atoms with E-state index in [1.807, 2.05) is 23.6 Å². The Hall–Kier alpha value is -2.67. The molecule has 3 aromatic rings. The first-order valence-corrected chi connectivity index (χ1v) is 7.64. The molecule has 0 N–H and O–H groups in total. The molecular formula is C16H15N3O3S. The third-order valence-corrected chi connectivity index (χ3v) is 4.03. The minimum atomic E-state index is 0.557. The standard InChI is InChI=1S/C16H15N3O3S/c1-20-13-6-11(7-14(21-2)16(13)22-3)15-12(9-23-19-15)10-4-5-17-18-8-10/h4-9H,1-3H3. The second-order valence-corrected chi connectivity index (χ2v) is 5.25. The number of benzene rings is 1. The van der Waals surface area contributed by atoms with Gasteiger partial charge in [0.2, 0.25) is 5.75 Å². The number of methoxy groups -OCH3 is 3. The van der Waals surface area contributed by atoms with E-state index in [4.69, 9.17) is 14.2 Å². The summed E-state index contributed by atoms with van der Waals surface area (Å²) in [6.07, 6.45) is 3.37. The molecule has 1 aromatic carbocycles. The molecule has 118 valence electrons. The molecule has 3 rings (SSSR count). The lowest BCUT2D eigenvalue weighted by Gasteiger charge is -2.14. The Balaban J connectivity index is 2.15. The molecule has 0 spiro atoms. The number of nitrogens with zero attached hydrogens (tertiary/aromatic N) is 3. The highest BCUT2D eigenvalue weighted by molar-refractivity contribution is 7.04. The maximum atomic E-state index is 5.41. The summed E-state index contributed by atoms with van der Waals surface area (Å²) in [5.74, 6) is 1.74. The SMILES string of the molecule is COc1cc(-c2nscc2-c2ccnnc2)cc(OC)c1OC. The first-order chi connectivity index (χ1) is 11.3. The van der Waals surface area contributed by atoms with Gasteiger partial charge in [0, 0.05) is 22.1 Å². The van der Waals surface area contributed by atoms with Crippen molar-refractivity contribution in [3.05, 3.63) is 36.0 Å². The average molecular weight is 329 g/mol. The van der Waals surface area contributed by atoms with Gasteiger partial charge in [0.25, 0.3) is 0 Å². The monoisotopic (exact) mass is 329 g/mol. The number of hydrogen-bond acceptors (Lipinski definition) is 7. The van der Waals surface area contributed by atoms with Gasteiger partial charge in [-0.05, 0) is 29.7 Å². The van der Waals surface area contributed by atoms with E-state index in [9.17, 15) is 0 Å². The lowest BCUT2D eigenvalue weighted by molar-refractivity contribution is 0.324. The maximum absolute atomic E-state index is 5.41. The molecule has 7 heteroatoms. The molecule has 0 amide bonds. The summed E-state index contributed by atoms with van der Waals surface area (Å²) >= 11 is 1.38. The highest BCUT2D eigenvalue weighted by Crippen LogP contribution is 2.43. The molecule has 0 aliphatic carbocycles. The van der Waals surface area contributed by atoms with Gasteiger partial charge in [0.1, 0.15) is 0 Å². The van der Waals surface area contributed by atoms with Gasteiger partial charge in [-0.3, -0.25) is 0 Å². The minimum absolute atomic E-state index is 0.557. The van der Waals surface area contributed by atoms with E-state index in [0.29, 0.717) is 17.2 Å². The predicted octanol–water partition coefficient (Wildman–Crippen LogP) is 3.29. The van der Waals surface area contributed by atoms with Crippen molar-refractivity contribution in [3.8, 4) is 39.6 Å². The van der Waals surface area contributed by atoms with Crippen molar-refractivity contribution in [3.63, 3.8) is 0 Å². The molecule has 0 atom stereocenters. The van der Waals surface area contributed by atoms with E-state index in [-0.39, 0.29) is 0 Å². The van der Waals surface area contributed by atoms with E-state index in [1.165, 1.54) is 11.5 Å². The van der Waals surface area contributed by atoms with E-state index in [2.05, 4.69) is 14.6 Å². The molecule has 0 unspecified atom stereocenters. The third kappa shape index (κ3) is 2.83. The molecular weight excluding hydrogens is 314 g/mol. The Kier molecular flexibility index (Phi) is 4.38. The lowest BCUT2D eigenvalue weighted by Crippen LogP contribution is -1.96. The number of hydrogen-bond donors (Lipinski definition) is 0. The molecule has 0 fully saturated rings. The normalized spacial score (nSPS) is 10.4. The van der Waals surface area contributed by atoms with Crippen LogP contribution in [-0.4, -0.2) is 35.9 Å². The summed E-state index contributed by atoms with van der Waals surface area (Å²) < 4.78 is 20.7. The average Bonchev–Trinajstić information content (AvgIpc) is 3.10. The molecule has 2 aromatic heterocycles. The number of ether oxygens (including phenoxy) is 3. The van der Waals surface area contributed by atoms with Gasteiger partial charge < -0.3 is 14.2 Å². The first kappa shape index (κ1) is 15.2. The second-order valence-electron chi connectivity index (χ2n) is 4.62. The molecule has 0 saturated carbocycles. The molecule has 0 saturated heterocycles. The topological polar surface area (TPSA) is 66.4 Å². The third-order valence-electron chi connectivity index (χ3n) is 3.40. The van der Waals surface area contributed by atoms with Gasteiger partial charge in [0.15, 0.2) is 11.5 Å². The summed E-state index contributed by atoms with van der Waals surface area (Å²) in [5, 5.41) is 9.72. The van der Waals surface area contributed by atoms with Crippen molar-refractivity contribution in [2.75, 3.05) is 21.3 Å². The molecule has 0 bridgehead atoms. The highest BCUT2D eigenvalue weighted by atomic mass is 32.1. The Morgan fingerprint density at radius 2 is 1.65 bits per heavy atom. The molecule has 0 aliphatic heterocycles. The summed E-state index contributed by atoms with van der Waals surface area (Å²) in [7, 11) is 4.77. The van der Waals surface area contributed by atoms with Crippen molar-refractivity contribution in [2.24, 2.45) is 0 Å². The van der Waals surface area contributed by atoms with Crippen LogP contribution in [0.4, 0.5) is 0 Å². The Labute approximate surface area is 137 Å². The van der Waals surface area contributed by atoms with Gasteiger partial charge in [-0.25, -0.2) is 0 Å². The molecule has 6 nitrogen and oxygen atoms in total. The predicted molar refractivity (Wildman–Crippen MR) is 88.2 cm³/mol. The summed E-state index contributed by atoms with van der Waals surface area (Å²) in [6.45, 7) is 0. The van der Waals surface area contributed by atoms with Crippen LogP contribution in [0, 0.1) is 0 Å². The summed E-state index contributed by atoms with van der Waals surface area (Å²) in [4.78, 5) is 0. The van der Waals surface area contributed by atoms with E-state index in [0.717, 1.165) is 22.4 Å². The van der Waals surface area contributed by atoms with Crippen molar-refractivity contribution in [1.29, 1.82) is 0 Å². The van der Waals surface area contributed by atoms with Crippen LogP contribution in [0.25, 0.3) is 22.4 Å². The van der Waals surface area contributed by atoms with Crippen LogP contribution >= 0.6 is 11.5 Å². The molecule has 23 heavy (non-hydrogen) atoms. The Morgan fingerprint density at radius 1 is 0.913 bits per heavy atom. The fourth-order valence-corrected chi connectivity index (χ4v) is 3.03. The van der Waals surface area contributed by atoms with Gasteiger partial charge in [0.05, 0.1) is 39.4 Å². The van der Waals surface area contributed by atoms with Gasteiger partial charge >= 0.3 is 0 Å². The largest absolute Gasteiger partial charge is 0.493 e. The minimum Gasteiger partial charge on any atom is -0.493 e. The fraction of sp³-hybridized carbons (Fsp3) is 0.188. The quantitative estimate of drug-likeness (QED) is 0.715. The highest BCUT2D eigenvalue weighted by Gasteiger charge is 2.18. The van der Waals surface area contributed by atoms with Crippen LogP contribution in [0.5, 0.6) is 17.2 Å². The molecule has 2 heterocycles. The zero-order chi connectivity index (χ0) is 16.2. The van der Waals surface area contributed by atoms with Gasteiger partial charge in [-0.2, -0.15) is 14.6 Å². The van der Waals surface area contributed by atoms with E-state index >= 15 is 0 Å². The number of rotatable bonds is 5. The van der Waals surface area contributed by atoms with Crippen LogP contribution in [0.3, 0.4) is 0 Å². The summed E-state index contributed by atoms with van der Waals surface area (Å²) in [5.41, 5.74) is 3.66. The smallest absolute Gasteiger partial charge is 0.203 e.